The van der Waals surface area contributed by atoms with Crippen LogP contribution in [0.25, 0.3) is 0 Å². The summed E-state index contributed by atoms with van der Waals surface area (Å²) in [5, 5.41) is 9.19. The van der Waals surface area contributed by atoms with Crippen molar-refractivity contribution in [1.82, 2.24) is 10.6 Å². The van der Waals surface area contributed by atoms with Gasteiger partial charge in [0.15, 0.2) is 5.96 Å². The Balaban J connectivity index is 2.19. The van der Waals surface area contributed by atoms with Crippen LogP contribution in [0.4, 0.5) is 5.69 Å². The average molecular weight is 350 g/mol. The number of hydrogen-bond acceptors (Lipinski definition) is 4. The summed E-state index contributed by atoms with van der Waals surface area (Å²) < 4.78 is 11.0. The van der Waals surface area contributed by atoms with E-state index in [-0.39, 0.29) is 5.91 Å². The number of rotatable bonds is 11. The summed E-state index contributed by atoms with van der Waals surface area (Å²) in [6.45, 7) is 7.03. The van der Waals surface area contributed by atoms with E-state index in [9.17, 15) is 4.79 Å². The number of anilines is 1. The number of carbonyl (C=O) groups is 1. The van der Waals surface area contributed by atoms with Gasteiger partial charge in [0.05, 0.1) is 6.54 Å². The molecule has 0 saturated heterocycles. The Morgan fingerprint density at radius 1 is 1.16 bits per heavy atom. The lowest BCUT2D eigenvalue weighted by Crippen LogP contribution is -2.39. The number of unbranched alkanes of at least 4 members (excludes halogenated alkanes) is 1. The zero-order valence-corrected chi connectivity index (χ0v) is 15.4. The third-order valence-corrected chi connectivity index (χ3v) is 3.25. The second-order valence-electron chi connectivity index (χ2n) is 5.39. The number of ether oxygens (including phenoxy) is 2. The number of hydrogen-bond donors (Lipinski definition) is 3. The van der Waals surface area contributed by atoms with Crippen LogP contribution >= 0.6 is 0 Å². The third kappa shape index (κ3) is 10.2. The Kier molecular flexibility index (Phi) is 10.8. The first kappa shape index (κ1) is 20.8. The maximum Gasteiger partial charge on any atom is 0.221 e. The summed E-state index contributed by atoms with van der Waals surface area (Å²) >= 11 is 0. The van der Waals surface area contributed by atoms with E-state index in [0.29, 0.717) is 18.9 Å². The Hall–Kier alpha value is -2.28. The molecule has 7 nitrogen and oxygen atoms in total. The van der Waals surface area contributed by atoms with Crippen LogP contribution in [0.3, 0.4) is 0 Å². The molecule has 0 aromatic heterocycles. The van der Waals surface area contributed by atoms with Gasteiger partial charge in [-0.2, -0.15) is 0 Å². The van der Waals surface area contributed by atoms with Gasteiger partial charge in [0.25, 0.3) is 0 Å². The van der Waals surface area contributed by atoms with E-state index in [1.165, 1.54) is 6.92 Å². The fraction of sp³-hybridized carbons (Fsp3) is 0.556. The molecule has 1 aromatic carbocycles. The number of amides is 1. The first-order valence-corrected chi connectivity index (χ1v) is 8.68. The molecule has 0 bridgehead atoms. The van der Waals surface area contributed by atoms with Gasteiger partial charge in [0.2, 0.25) is 5.91 Å². The molecule has 0 aliphatic rings. The summed E-state index contributed by atoms with van der Waals surface area (Å²) in [7, 11) is 1.74. The topological polar surface area (TPSA) is 84.0 Å². The van der Waals surface area contributed by atoms with Crippen molar-refractivity contribution >= 4 is 17.6 Å². The highest BCUT2D eigenvalue weighted by Gasteiger charge is 2.00. The van der Waals surface area contributed by atoms with Gasteiger partial charge >= 0.3 is 0 Å². The highest BCUT2D eigenvalue weighted by atomic mass is 16.5. The minimum atomic E-state index is -0.102. The zero-order chi connectivity index (χ0) is 18.3. The number of nitrogens with one attached hydrogen (secondary N) is 3. The van der Waals surface area contributed by atoms with Crippen molar-refractivity contribution in [3.63, 3.8) is 0 Å². The predicted molar refractivity (Wildman–Crippen MR) is 101 cm³/mol. The first-order chi connectivity index (χ1) is 12.2. The van der Waals surface area contributed by atoms with Gasteiger partial charge in [-0.15, -0.1) is 0 Å². The SMILES string of the molecule is CCOCCCCNC(=NC)NCCOc1cccc(NC(C)=O)c1. The maximum absolute atomic E-state index is 11.1. The summed E-state index contributed by atoms with van der Waals surface area (Å²) in [5.41, 5.74) is 0.725. The quantitative estimate of drug-likeness (QED) is 0.323. The molecular formula is C18H30N4O3. The van der Waals surface area contributed by atoms with Gasteiger partial charge in [0, 0.05) is 45.5 Å². The van der Waals surface area contributed by atoms with Gasteiger partial charge in [-0.3, -0.25) is 9.79 Å². The van der Waals surface area contributed by atoms with Crippen molar-refractivity contribution in [3.05, 3.63) is 24.3 Å². The van der Waals surface area contributed by atoms with Gasteiger partial charge in [-0.05, 0) is 31.9 Å². The normalized spacial score (nSPS) is 11.1. The lowest BCUT2D eigenvalue weighted by Gasteiger charge is -2.13. The minimum absolute atomic E-state index is 0.102. The Morgan fingerprint density at radius 2 is 1.96 bits per heavy atom. The van der Waals surface area contributed by atoms with Crippen molar-refractivity contribution in [1.29, 1.82) is 0 Å². The van der Waals surface area contributed by atoms with Crippen LogP contribution < -0.4 is 20.7 Å². The number of nitrogens with zero attached hydrogens (tertiary/aromatic N) is 1. The summed E-state index contributed by atoms with van der Waals surface area (Å²) in [5.74, 6) is 1.37. The van der Waals surface area contributed by atoms with Gasteiger partial charge in [-0.25, -0.2) is 0 Å². The van der Waals surface area contributed by atoms with E-state index in [2.05, 4.69) is 20.9 Å². The van der Waals surface area contributed by atoms with Crippen molar-refractivity contribution in [3.8, 4) is 5.75 Å². The van der Waals surface area contributed by atoms with E-state index in [4.69, 9.17) is 9.47 Å². The lowest BCUT2D eigenvalue weighted by molar-refractivity contribution is -0.114. The molecule has 0 heterocycles. The largest absolute Gasteiger partial charge is 0.492 e. The third-order valence-electron chi connectivity index (χ3n) is 3.25. The fourth-order valence-electron chi connectivity index (χ4n) is 2.11. The molecule has 0 fully saturated rings. The molecule has 25 heavy (non-hydrogen) atoms. The first-order valence-electron chi connectivity index (χ1n) is 8.68. The van der Waals surface area contributed by atoms with Crippen LogP contribution in [-0.2, 0) is 9.53 Å². The second kappa shape index (κ2) is 13.1. The Bertz CT molecular complexity index is 535. The molecule has 0 radical (unpaired) electrons. The Morgan fingerprint density at radius 3 is 2.68 bits per heavy atom. The van der Waals surface area contributed by atoms with E-state index < -0.39 is 0 Å². The van der Waals surface area contributed by atoms with Crippen LogP contribution in [0.15, 0.2) is 29.3 Å². The molecule has 7 heteroatoms. The van der Waals surface area contributed by atoms with E-state index >= 15 is 0 Å². The summed E-state index contributed by atoms with van der Waals surface area (Å²) in [6.07, 6.45) is 2.07. The highest BCUT2D eigenvalue weighted by Crippen LogP contribution is 2.16. The van der Waals surface area contributed by atoms with Crippen molar-refractivity contribution in [2.45, 2.75) is 26.7 Å². The van der Waals surface area contributed by atoms with Gasteiger partial charge in [0.1, 0.15) is 12.4 Å². The number of guanidine groups is 1. The van der Waals surface area contributed by atoms with E-state index in [0.717, 1.165) is 44.2 Å². The summed E-state index contributed by atoms with van der Waals surface area (Å²) in [4.78, 5) is 15.2. The standard InChI is InChI=1S/C18H30N4O3/c1-4-24-12-6-5-10-20-18(19-3)21-11-13-25-17-9-7-8-16(14-17)22-15(2)23/h7-9,14H,4-6,10-13H2,1-3H3,(H,22,23)(H2,19,20,21). The maximum atomic E-state index is 11.1. The van der Waals surface area contributed by atoms with Gasteiger partial charge < -0.3 is 25.4 Å². The molecule has 0 spiro atoms. The minimum Gasteiger partial charge on any atom is -0.492 e. The molecule has 1 rings (SSSR count). The molecule has 0 saturated carbocycles. The lowest BCUT2D eigenvalue weighted by atomic mass is 10.3. The highest BCUT2D eigenvalue weighted by molar-refractivity contribution is 5.88. The molecule has 0 atom stereocenters. The zero-order valence-electron chi connectivity index (χ0n) is 15.4. The summed E-state index contributed by atoms with van der Waals surface area (Å²) in [6, 6.07) is 7.32. The monoisotopic (exact) mass is 350 g/mol. The second-order valence-corrected chi connectivity index (χ2v) is 5.39. The van der Waals surface area contributed by atoms with Crippen LogP contribution in [-0.4, -0.2) is 51.8 Å². The van der Waals surface area contributed by atoms with Crippen molar-refractivity contribution < 1.29 is 14.3 Å². The predicted octanol–water partition coefficient (Wildman–Crippen LogP) is 2.01. The molecule has 1 amide bonds. The molecular weight excluding hydrogens is 320 g/mol. The molecule has 3 N–H and O–H groups in total. The molecule has 0 aliphatic carbocycles. The average Bonchev–Trinajstić information content (AvgIpc) is 2.59. The van der Waals surface area contributed by atoms with Crippen LogP contribution in [0.2, 0.25) is 0 Å². The molecule has 0 unspecified atom stereocenters. The fourth-order valence-corrected chi connectivity index (χ4v) is 2.11. The van der Waals surface area contributed by atoms with Crippen molar-refractivity contribution in [2.24, 2.45) is 4.99 Å². The number of benzene rings is 1. The smallest absolute Gasteiger partial charge is 0.221 e. The van der Waals surface area contributed by atoms with Gasteiger partial charge in [-0.1, -0.05) is 6.07 Å². The molecule has 0 aliphatic heterocycles. The van der Waals surface area contributed by atoms with Crippen LogP contribution in [0.1, 0.15) is 26.7 Å². The van der Waals surface area contributed by atoms with Crippen LogP contribution in [0.5, 0.6) is 5.75 Å². The van der Waals surface area contributed by atoms with E-state index in [1.807, 2.05) is 25.1 Å². The van der Waals surface area contributed by atoms with Crippen LogP contribution in [0, 0.1) is 0 Å². The molecule has 1 aromatic rings. The number of carbonyl (C=O) groups excluding carboxylic acids is 1. The molecule has 140 valence electrons. The number of aliphatic imine (C=N–C) groups is 1. The Labute approximate surface area is 150 Å². The van der Waals surface area contributed by atoms with E-state index in [1.54, 1.807) is 13.1 Å². The van der Waals surface area contributed by atoms with Crippen molar-refractivity contribution in [2.75, 3.05) is 45.3 Å².